The van der Waals surface area contributed by atoms with Crippen LogP contribution in [-0.2, 0) is 12.5 Å². The molecule has 6 heteroatoms. The Balaban J connectivity index is 1.21. The molecule has 3 aromatic heterocycles. The maximum Gasteiger partial charge on any atom is 0.179 e. The molecule has 0 saturated heterocycles. The Labute approximate surface area is 338 Å². The van der Waals surface area contributed by atoms with Crippen LogP contribution >= 0.6 is 0 Å². The van der Waals surface area contributed by atoms with Gasteiger partial charge in [-0.05, 0) is 75.3 Å². The topological polar surface area (TPSA) is 44.9 Å². The van der Waals surface area contributed by atoms with E-state index in [-0.39, 0.29) is 5.41 Å². The lowest BCUT2D eigenvalue weighted by molar-refractivity contribution is 0.420. The highest BCUT2D eigenvalue weighted by Crippen LogP contribution is 2.52. The maximum absolute atomic E-state index is 6.70. The van der Waals surface area contributed by atoms with Gasteiger partial charge in [0.05, 0.1) is 16.6 Å². The molecule has 4 heterocycles. The van der Waals surface area contributed by atoms with Crippen LogP contribution in [0.1, 0.15) is 25.0 Å². The number of ether oxygens (including phenoxy) is 1. The quantitative estimate of drug-likeness (QED) is 0.125. The first-order valence-corrected chi connectivity index (χ1v) is 21.9. The van der Waals surface area contributed by atoms with Crippen LogP contribution in [0.2, 0.25) is 0 Å². The number of pyridine rings is 1. The van der Waals surface area contributed by atoms with Crippen molar-refractivity contribution in [3.63, 3.8) is 0 Å². The van der Waals surface area contributed by atoms with E-state index in [1.54, 1.807) is 0 Å². The van der Waals surface area contributed by atoms with E-state index < -0.39 is 8.07 Å². The lowest BCUT2D eigenvalue weighted by Gasteiger charge is -2.36. The Hall–Kier alpha value is -7.02. The number of hydrogen-bond donors (Lipinski definition) is 0. The van der Waals surface area contributed by atoms with Crippen LogP contribution in [-0.4, -0.2) is 27.2 Å². The third-order valence-electron chi connectivity index (χ3n) is 12.3. The summed E-state index contributed by atoms with van der Waals surface area (Å²) in [6, 6.07) is 66.1. The number of para-hydroxylation sites is 3. The molecule has 0 spiro atoms. The fraction of sp³-hybridized carbons (Fsp3) is 0.0769. The molecule has 0 N–H and O–H groups in total. The summed E-state index contributed by atoms with van der Waals surface area (Å²) < 4.78 is 11.3. The second-order valence-corrected chi connectivity index (χ2v) is 19.7. The largest absolute Gasteiger partial charge is 0.457 e. The molecule has 0 atom stereocenters. The van der Waals surface area contributed by atoms with Crippen molar-refractivity contribution in [1.82, 2.24) is 19.1 Å². The van der Waals surface area contributed by atoms with Gasteiger partial charge < -0.3 is 9.30 Å². The highest BCUT2D eigenvalue weighted by atomic mass is 28.3. The number of aromatic nitrogens is 4. The molecular weight excluding hydrogens is 725 g/mol. The number of nitrogens with zero attached hydrogens (tertiary/aromatic N) is 4. The van der Waals surface area contributed by atoms with Crippen molar-refractivity contribution in [1.29, 1.82) is 0 Å². The molecule has 7 aromatic carbocycles. The van der Waals surface area contributed by atoms with Crippen molar-refractivity contribution in [2.24, 2.45) is 7.05 Å². The molecule has 278 valence electrons. The second-order valence-electron chi connectivity index (χ2n) is 15.9. The monoisotopic (exact) mass is 764 g/mol. The van der Waals surface area contributed by atoms with E-state index in [9.17, 15) is 0 Å². The Morgan fingerprint density at radius 1 is 0.569 bits per heavy atom. The number of imidazole rings is 1. The van der Waals surface area contributed by atoms with E-state index in [0.29, 0.717) is 0 Å². The van der Waals surface area contributed by atoms with Gasteiger partial charge in [-0.2, -0.15) is 0 Å². The number of benzene rings is 7. The van der Waals surface area contributed by atoms with Crippen LogP contribution in [0.25, 0.3) is 50.0 Å². The first-order chi connectivity index (χ1) is 28.4. The van der Waals surface area contributed by atoms with Gasteiger partial charge in [-0.15, -0.1) is 0 Å². The molecule has 1 aliphatic rings. The maximum atomic E-state index is 6.70. The first kappa shape index (κ1) is 34.2. The zero-order valence-corrected chi connectivity index (χ0v) is 33.6. The van der Waals surface area contributed by atoms with Crippen LogP contribution in [0, 0.1) is 0 Å². The zero-order chi connectivity index (χ0) is 39.0. The van der Waals surface area contributed by atoms with Gasteiger partial charge in [0, 0.05) is 51.8 Å². The predicted octanol–water partition coefficient (Wildman–Crippen LogP) is 9.54. The minimum atomic E-state index is -3.00. The number of hydrogen-bond acceptors (Lipinski definition) is 3. The average Bonchev–Trinajstić information content (AvgIpc) is 3.79. The minimum Gasteiger partial charge on any atom is -0.457 e. The van der Waals surface area contributed by atoms with Crippen LogP contribution in [0.15, 0.2) is 188 Å². The average molecular weight is 765 g/mol. The Kier molecular flexibility index (Phi) is 7.68. The Morgan fingerprint density at radius 3 is 2.02 bits per heavy atom. The van der Waals surface area contributed by atoms with Crippen molar-refractivity contribution >= 4 is 61.8 Å². The van der Waals surface area contributed by atoms with Gasteiger partial charge in [0.1, 0.15) is 23.0 Å². The SMILES string of the molecule is Cn1c(-c2cccc([Si](c3ccccc3)(c3ccccc3)c3cccc(-n4c5ncccc5c5ccc6c(c54)C(C)(C)c4ccccc4O6)c3)c2)nc2ccccc21. The summed E-state index contributed by atoms with van der Waals surface area (Å²) in [7, 11) is -0.885. The number of aryl methyl sites for hydroxylation is 1. The summed E-state index contributed by atoms with van der Waals surface area (Å²) >= 11 is 0. The number of fused-ring (bicyclic) bond motifs is 7. The molecule has 0 aliphatic carbocycles. The highest BCUT2D eigenvalue weighted by Gasteiger charge is 2.42. The summed E-state index contributed by atoms with van der Waals surface area (Å²) in [4.78, 5) is 10.2. The molecule has 0 saturated carbocycles. The van der Waals surface area contributed by atoms with Crippen LogP contribution < -0.4 is 25.5 Å². The van der Waals surface area contributed by atoms with Crippen molar-refractivity contribution in [2.75, 3.05) is 0 Å². The minimum absolute atomic E-state index is 0.337. The van der Waals surface area contributed by atoms with Gasteiger partial charge >= 0.3 is 0 Å². The van der Waals surface area contributed by atoms with Crippen LogP contribution in [0.4, 0.5) is 0 Å². The molecule has 0 radical (unpaired) electrons. The Morgan fingerprint density at radius 2 is 1.24 bits per heavy atom. The van der Waals surface area contributed by atoms with E-state index in [2.05, 4.69) is 206 Å². The van der Waals surface area contributed by atoms with E-state index in [1.165, 1.54) is 26.3 Å². The zero-order valence-electron chi connectivity index (χ0n) is 32.6. The third-order valence-corrected chi connectivity index (χ3v) is 17.1. The molecule has 11 rings (SSSR count). The third kappa shape index (κ3) is 4.95. The summed E-state index contributed by atoms with van der Waals surface area (Å²) in [5.41, 5.74) is 8.32. The smallest absolute Gasteiger partial charge is 0.179 e. The van der Waals surface area contributed by atoms with Gasteiger partial charge in [-0.1, -0.05) is 141 Å². The van der Waals surface area contributed by atoms with Crippen LogP contribution in [0.3, 0.4) is 0 Å². The van der Waals surface area contributed by atoms with Crippen molar-refractivity contribution in [2.45, 2.75) is 19.3 Å². The fourth-order valence-electron chi connectivity index (χ4n) is 9.73. The first-order valence-electron chi connectivity index (χ1n) is 19.9. The molecular formula is C52H40N4OSi. The normalized spacial score (nSPS) is 13.4. The number of rotatable bonds is 6. The van der Waals surface area contributed by atoms with Crippen molar-refractivity contribution in [3.8, 4) is 28.6 Å². The molecule has 10 aromatic rings. The lowest BCUT2D eigenvalue weighted by atomic mass is 9.75. The van der Waals surface area contributed by atoms with E-state index in [4.69, 9.17) is 14.7 Å². The molecule has 58 heavy (non-hydrogen) atoms. The fourth-order valence-corrected chi connectivity index (χ4v) is 14.5. The standard InChI is InChI=1S/C52H40N4OSi/c1-52(2)43-26-10-13-29-46(43)57-47-31-30-41-42-25-16-32-53-51(42)56(49(41)48(47)52)36-18-15-24-40(34-36)58(37-19-6-4-7-20-37,38-21-8-5-9-22-38)39-23-14-17-35(33-39)50-54-44-27-11-12-28-45(44)55(50)3/h4-34H,1-3H3. The molecule has 1 aliphatic heterocycles. The second kappa shape index (κ2) is 13.0. The van der Waals surface area contributed by atoms with E-state index in [0.717, 1.165) is 67.1 Å². The van der Waals surface area contributed by atoms with Crippen molar-refractivity contribution in [3.05, 3.63) is 199 Å². The van der Waals surface area contributed by atoms with E-state index in [1.807, 2.05) is 12.3 Å². The van der Waals surface area contributed by atoms with Crippen LogP contribution in [0.5, 0.6) is 11.5 Å². The van der Waals surface area contributed by atoms with Gasteiger partial charge in [0.15, 0.2) is 8.07 Å². The molecule has 5 nitrogen and oxygen atoms in total. The summed E-state index contributed by atoms with van der Waals surface area (Å²) in [6.07, 6.45) is 1.91. The van der Waals surface area contributed by atoms with Gasteiger partial charge in [0.25, 0.3) is 0 Å². The predicted molar refractivity (Wildman–Crippen MR) is 241 cm³/mol. The Bertz CT molecular complexity index is 3160. The molecule has 0 unspecified atom stereocenters. The highest BCUT2D eigenvalue weighted by molar-refractivity contribution is 7.20. The summed E-state index contributed by atoms with van der Waals surface area (Å²) in [6.45, 7) is 4.64. The van der Waals surface area contributed by atoms with Gasteiger partial charge in [0.2, 0.25) is 0 Å². The lowest BCUT2D eigenvalue weighted by Crippen LogP contribution is -2.74. The van der Waals surface area contributed by atoms with Gasteiger partial charge in [-0.3, -0.25) is 4.57 Å². The summed E-state index contributed by atoms with van der Waals surface area (Å²) in [5.74, 6) is 2.74. The molecule has 0 amide bonds. The van der Waals surface area contributed by atoms with Gasteiger partial charge in [-0.25, -0.2) is 9.97 Å². The van der Waals surface area contributed by atoms with Crippen molar-refractivity contribution < 1.29 is 4.74 Å². The summed E-state index contributed by atoms with van der Waals surface area (Å²) in [5, 5.41) is 7.46. The molecule has 0 bridgehead atoms. The van der Waals surface area contributed by atoms with E-state index >= 15 is 0 Å². The molecule has 0 fully saturated rings.